The molecule has 0 rings (SSSR count). The van der Waals surface area contributed by atoms with E-state index in [-0.39, 0.29) is 0 Å². The number of hydrogen-bond acceptors (Lipinski definition) is 4. The van der Waals surface area contributed by atoms with Crippen LogP contribution in [0.15, 0.2) is 0 Å². The van der Waals surface area contributed by atoms with Gasteiger partial charge in [-0.25, -0.2) is 0 Å². The molecule has 0 unspecified atom stereocenters. The van der Waals surface area contributed by atoms with Crippen molar-refractivity contribution in [1.82, 2.24) is 4.90 Å². The molecule has 0 aliphatic heterocycles. The minimum Gasteiger partial charge on any atom is -0.383 e. The van der Waals surface area contributed by atoms with Crippen molar-refractivity contribution in [2.45, 2.75) is 26.7 Å². The quantitative estimate of drug-likeness (QED) is 0.519. The van der Waals surface area contributed by atoms with Gasteiger partial charge in [0.2, 0.25) is 0 Å². The van der Waals surface area contributed by atoms with Gasteiger partial charge in [0.15, 0.2) is 0 Å². The van der Waals surface area contributed by atoms with Crippen molar-refractivity contribution in [3.8, 4) is 6.07 Å². The molecule has 0 aromatic carbocycles. The van der Waals surface area contributed by atoms with Crippen molar-refractivity contribution in [1.29, 1.82) is 5.26 Å². The molecule has 0 N–H and O–H groups in total. The monoisotopic (exact) mass is 242 g/mol. The van der Waals surface area contributed by atoms with Gasteiger partial charge in [0.1, 0.15) is 0 Å². The molecule has 0 radical (unpaired) electrons. The van der Waals surface area contributed by atoms with Crippen LogP contribution in [-0.4, -0.2) is 51.5 Å². The molecule has 0 saturated carbocycles. The fourth-order valence-corrected chi connectivity index (χ4v) is 1.38. The summed E-state index contributed by atoms with van der Waals surface area (Å²) in [6, 6.07) is 2.17. The normalized spacial score (nSPS) is 11.1. The zero-order valence-electron chi connectivity index (χ0n) is 11.4. The molecule has 0 amide bonds. The Labute approximate surface area is 105 Å². The first-order chi connectivity index (χ1) is 8.20. The van der Waals surface area contributed by atoms with Crippen LogP contribution >= 0.6 is 0 Å². The predicted molar refractivity (Wildman–Crippen MR) is 68.8 cm³/mol. The molecule has 100 valence electrons. The average molecular weight is 242 g/mol. The lowest BCUT2D eigenvalue weighted by molar-refractivity contribution is 0.0838. The molecule has 0 heterocycles. The predicted octanol–water partition coefficient (Wildman–Crippen LogP) is 1.91. The molecule has 4 heteroatoms. The van der Waals surface area contributed by atoms with E-state index in [0.29, 0.717) is 18.9 Å². The summed E-state index contributed by atoms with van der Waals surface area (Å²) in [6.07, 6.45) is 1.67. The van der Waals surface area contributed by atoms with Crippen molar-refractivity contribution in [2.75, 3.05) is 46.6 Å². The summed E-state index contributed by atoms with van der Waals surface area (Å²) in [6.45, 7) is 9.21. The largest absolute Gasteiger partial charge is 0.383 e. The summed E-state index contributed by atoms with van der Waals surface area (Å²) in [5.41, 5.74) is 0. The Kier molecular flexibility index (Phi) is 11.4. The highest BCUT2D eigenvalue weighted by Crippen LogP contribution is 1.99. The highest BCUT2D eigenvalue weighted by atomic mass is 16.5. The summed E-state index contributed by atoms with van der Waals surface area (Å²) in [5.74, 6) is 0.693. The van der Waals surface area contributed by atoms with Crippen molar-refractivity contribution in [2.24, 2.45) is 5.92 Å². The topological polar surface area (TPSA) is 45.5 Å². The number of ether oxygens (including phenoxy) is 2. The molecule has 0 spiro atoms. The van der Waals surface area contributed by atoms with Crippen LogP contribution in [0.4, 0.5) is 0 Å². The van der Waals surface area contributed by atoms with Gasteiger partial charge in [-0.15, -0.1) is 0 Å². The van der Waals surface area contributed by atoms with Gasteiger partial charge < -0.3 is 9.47 Å². The van der Waals surface area contributed by atoms with Crippen LogP contribution < -0.4 is 0 Å². The van der Waals surface area contributed by atoms with E-state index in [0.717, 1.165) is 39.3 Å². The molecule has 0 bridgehead atoms. The first-order valence-corrected chi connectivity index (χ1v) is 6.36. The van der Waals surface area contributed by atoms with Crippen LogP contribution in [0.2, 0.25) is 0 Å². The fraction of sp³-hybridized carbons (Fsp3) is 0.923. The zero-order chi connectivity index (χ0) is 12.9. The maximum absolute atomic E-state index is 8.57. The second-order valence-electron chi connectivity index (χ2n) is 4.54. The van der Waals surface area contributed by atoms with Gasteiger partial charge in [-0.1, -0.05) is 13.8 Å². The Hall–Kier alpha value is -0.630. The summed E-state index contributed by atoms with van der Waals surface area (Å²) in [5, 5.41) is 8.57. The average Bonchev–Trinajstić information content (AvgIpc) is 2.30. The van der Waals surface area contributed by atoms with Gasteiger partial charge in [-0.3, -0.25) is 4.90 Å². The Balaban J connectivity index is 3.56. The van der Waals surface area contributed by atoms with Crippen LogP contribution in [0.5, 0.6) is 0 Å². The highest BCUT2D eigenvalue weighted by Gasteiger charge is 2.04. The second-order valence-corrected chi connectivity index (χ2v) is 4.54. The molecule has 4 nitrogen and oxygen atoms in total. The third-order valence-corrected chi connectivity index (χ3v) is 2.54. The van der Waals surface area contributed by atoms with Crippen molar-refractivity contribution < 1.29 is 9.47 Å². The summed E-state index contributed by atoms with van der Waals surface area (Å²) >= 11 is 0. The minimum atomic E-state index is 0.565. The van der Waals surface area contributed by atoms with Crippen LogP contribution in [0.1, 0.15) is 26.7 Å². The smallest absolute Gasteiger partial charge is 0.0635 e. The summed E-state index contributed by atoms with van der Waals surface area (Å²) < 4.78 is 10.6. The van der Waals surface area contributed by atoms with Gasteiger partial charge in [0.05, 0.1) is 19.3 Å². The zero-order valence-corrected chi connectivity index (χ0v) is 11.4. The number of rotatable bonds is 11. The first-order valence-electron chi connectivity index (χ1n) is 6.36. The molecule has 0 saturated heterocycles. The Bertz CT molecular complexity index is 202. The van der Waals surface area contributed by atoms with Crippen LogP contribution in [0.3, 0.4) is 0 Å². The molecular formula is C13H26N2O2. The first kappa shape index (κ1) is 16.4. The fourth-order valence-electron chi connectivity index (χ4n) is 1.38. The van der Waals surface area contributed by atoms with Crippen LogP contribution in [-0.2, 0) is 9.47 Å². The SMILES string of the molecule is COCCN(CCC#N)CCOCCC(C)C. The molecule has 0 aliphatic carbocycles. The lowest BCUT2D eigenvalue weighted by atomic mass is 10.1. The molecule has 0 aromatic rings. The molecular weight excluding hydrogens is 216 g/mol. The van der Waals surface area contributed by atoms with E-state index in [1.807, 2.05) is 0 Å². The number of nitriles is 1. The molecule has 0 aliphatic rings. The Morgan fingerprint density at radius 3 is 2.41 bits per heavy atom. The summed E-state index contributed by atoms with van der Waals surface area (Å²) in [4.78, 5) is 2.21. The maximum atomic E-state index is 8.57. The van der Waals surface area contributed by atoms with Crippen LogP contribution in [0.25, 0.3) is 0 Å². The number of methoxy groups -OCH3 is 1. The van der Waals surface area contributed by atoms with Gasteiger partial charge in [-0.05, 0) is 12.3 Å². The van der Waals surface area contributed by atoms with Gasteiger partial charge in [-0.2, -0.15) is 5.26 Å². The van der Waals surface area contributed by atoms with E-state index < -0.39 is 0 Å². The van der Waals surface area contributed by atoms with Crippen LogP contribution in [0, 0.1) is 17.2 Å². The van der Waals surface area contributed by atoms with Gasteiger partial charge in [0.25, 0.3) is 0 Å². The number of hydrogen-bond donors (Lipinski definition) is 0. The Morgan fingerprint density at radius 1 is 1.12 bits per heavy atom. The third-order valence-electron chi connectivity index (χ3n) is 2.54. The van der Waals surface area contributed by atoms with E-state index in [2.05, 4.69) is 24.8 Å². The molecule has 17 heavy (non-hydrogen) atoms. The third kappa shape index (κ3) is 11.6. The highest BCUT2D eigenvalue weighted by molar-refractivity contribution is 4.72. The molecule has 0 fully saturated rings. The standard InChI is InChI=1S/C13H26N2O2/c1-13(2)5-10-17-12-9-15(7-4-6-14)8-11-16-3/h13H,4-5,7-12H2,1-3H3. The van der Waals surface area contributed by atoms with Crippen molar-refractivity contribution in [3.63, 3.8) is 0 Å². The van der Waals surface area contributed by atoms with Crippen molar-refractivity contribution >= 4 is 0 Å². The van der Waals surface area contributed by atoms with E-state index in [1.165, 1.54) is 0 Å². The van der Waals surface area contributed by atoms with Gasteiger partial charge >= 0.3 is 0 Å². The minimum absolute atomic E-state index is 0.565. The lowest BCUT2D eigenvalue weighted by Crippen LogP contribution is -2.31. The van der Waals surface area contributed by atoms with E-state index in [4.69, 9.17) is 14.7 Å². The van der Waals surface area contributed by atoms with E-state index in [9.17, 15) is 0 Å². The number of nitrogens with zero attached hydrogens (tertiary/aromatic N) is 2. The second kappa shape index (κ2) is 11.8. The molecule has 0 aromatic heterocycles. The Morgan fingerprint density at radius 2 is 1.82 bits per heavy atom. The summed E-state index contributed by atoms with van der Waals surface area (Å²) in [7, 11) is 1.70. The van der Waals surface area contributed by atoms with Gasteiger partial charge in [0, 0.05) is 39.8 Å². The maximum Gasteiger partial charge on any atom is 0.0635 e. The van der Waals surface area contributed by atoms with Crippen molar-refractivity contribution in [3.05, 3.63) is 0 Å². The van der Waals surface area contributed by atoms with E-state index in [1.54, 1.807) is 7.11 Å². The van der Waals surface area contributed by atoms with E-state index >= 15 is 0 Å². The lowest BCUT2D eigenvalue weighted by Gasteiger charge is -2.20. The molecule has 0 atom stereocenters.